The maximum Gasteiger partial charge on any atom is 0.341 e. The summed E-state index contributed by atoms with van der Waals surface area (Å²) in [4.78, 5) is 61.9. The van der Waals surface area contributed by atoms with Crippen molar-refractivity contribution in [3.63, 3.8) is 0 Å². The van der Waals surface area contributed by atoms with Crippen LogP contribution in [0.2, 0.25) is 0 Å². The highest BCUT2D eigenvalue weighted by molar-refractivity contribution is 5.93. The molecule has 0 saturated carbocycles. The molecule has 0 heterocycles. The van der Waals surface area contributed by atoms with Gasteiger partial charge in [-0.1, -0.05) is 56.2 Å². The number of amides is 3. The number of carboxylic acid groups (broad SMARTS) is 2. The summed E-state index contributed by atoms with van der Waals surface area (Å²) in [6, 6.07) is 11.1. The molecule has 0 aromatic heterocycles. The third-order valence-corrected chi connectivity index (χ3v) is 6.25. The van der Waals surface area contributed by atoms with Crippen LogP contribution in [0.3, 0.4) is 0 Å². The highest BCUT2D eigenvalue weighted by Gasteiger charge is 2.28. The summed E-state index contributed by atoms with van der Waals surface area (Å²) in [5.74, 6) is -4.19. The largest absolute Gasteiger partial charge is 0.481 e. The van der Waals surface area contributed by atoms with E-state index in [1.54, 1.807) is 0 Å². The minimum atomic E-state index is -1.34. The Kier molecular flexibility index (Phi) is 14.5. The van der Waals surface area contributed by atoms with Crippen molar-refractivity contribution < 1.29 is 43.7 Å². The van der Waals surface area contributed by atoms with Gasteiger partial charge in [-0.25, -0.2) is 9.59 Å². The van der Waals surface area contributed by atoms with Crippen LogP contribution in [0.5, 0.6) is 5.75 Å². The number of carbonyl (C=O) groups is 5. The van der Waals surface area contributed by atoms with E-state index in [1.165, 1.54) is 25.3 Å². The average molecular weight is 586 g/mol. The van der Waals surface area contributed by atoms with Crippen LogP contribution in [0, 0.1) is 0 Å². The molecule has 2 atom stereocenters. The van der Waals surface area contributed by atoms with Gasteiger partial charge in [-0.2, -0.15) is 0 Å². The number of nitrogens with one attached hydrogen (secondary N) is 3. The van der Waals surface area contributed by atoms with Gasteiger partial charge >= 0.3 is 11.9 Å². The molecule has 0 unspecified atom stereocenters. The molecule has 0 spiro atoms. The van der Waals surface area contributed by atoms with Crippen LogP contribution in [0.1, 0.15) is 54.1 Å². The molecule has 2 aromatic rings. The summed E-state index contributed by atoms with van der Waals surface area (Å²) >= 11 is 0. The molecule has 2 aromatic carbocycles. The Hall–Kier alpha value is -4.45. The molecule has 5 N–H and O–H groups in total. The molecule has 42 heavy (non-hydrogen) atoms. The van der Waals surface area contributed by atoms with Gasteiger partial charge < -0.3 is 35.6 Å². The van der Waals surface area contributed by atoms with E-state index < -0.39 is 48.4 Å². The zero-order chi connectivity index (χ0) is 30.9. The Bertz CT molecular complexity index is 1200. The van der Waals surface area contributed by atoms with E-state index in [1.807, 2.05) is 37.3 Å². The molecule has 0 fully saturated rings. The van der Waals surface area contributed by atoms with Crippen molar-refractivity contribution in [3.05, 3.63) is 65.2 Å². The van der Waals surface area contributed by atoms with Crippen molar-refractivity contribution in [2.24, 2.45) is 0 Å². The molecular weight excluding hydrogens is 546 g/mol. The first-order chi connectivity index (χ1) is 20.1. The van der Waals surface area contributed by atoms with E-state index in [4.69, 9.17) is 14.6 Å². The maximum absolute atomic E-state index is 13.5. The number of hydrogen-bond donors (Lipinski definition) is 5. The molecule has 0 bridgehead atoms. The first-order valence-corrected chi connectivity index (χ1v) is 13.8. The number of aromatic carboxylic acids is 1. The van der Waals surface area contributed by atoms with Crippen LogP contribution >= 0.6 is 0 Å². The Balaban J connectivity index is 2.31. The normalized spacial score (nSPS) is 12.0. The van der Waals surface area contributed by atoms with Crippen molar-refractivity contribution >= 4 is 29.7 Å². The predicted molar refractivity (Wildman–Crippen MR) is 153 cm³/mol. The molecule has 12 nitrogen and oxygen atoms in total. The molecule has 0 aliphatic heterocycles. The number of methoxy groups -OCH3 is 1. The summed E-state index contributed by atoms with van der Waals surface area (Å²) in [7, 11) is 1.46. The summed E-state index contributed by atoms with van der Waals surface area (Å²) in [5, 5.41) is 26.8. The molecule has 0 aliphatic rings. The van der Waals surface area contributed by atoms with Crippen LogP contribution < -0.4 is 20.7 Å². The monoisotopic (exact) mass is 585 g/mol. The zero-order valence-corrected chi connectivity index (χ0v) is 23.9. The van der Waals surface area contributed by atoms with Gasteiger partial charge in [0.1, 0.15) is 23.4 Å². The van der Waals surface area contributed by atoms with Gasteiger partial charge in [0.15, 0.2) is 6.61 Å². The highest BCUT2D eigenvalue weighted by atomic mass is 16.5. The van der Waals surface area contributed by atoms with E-state index in [-0.39, 0.29) is 37.2 Å². The number of unbranched alkanes of at least 4 members (excludes halogenated alkanes) is 2. The molecule has 228 valence electrons. The minimum absolute atomic E-state index is 0.0463. The number of carboxylic acids is 2. The van der Waals surface area contributed by atoms with E-state index in [2.05, 4.69) is 16.0 Å². The SMILES string of the molecule is CCCCCNC(=O)[C@H](Cc1ccc(OCC(=O)O)c(C(=O)O)c1)NC(=O)[C@H](Cc1ccccc1)NC(=O)CCOC. The molecule has 3 amide bonds. The lowest BCUT2D eigenvalue weighted by Crippen LogP contribution is -2.55. The summed E-state index contributed by atoms with van der Waals surface area (Å²) in [6.45, 7) is 1.87. The van der Waals surface area contributed by atoms with E-state index in [9.17, 15) is 29.1 Å². The number of hydrogen-bond acceptors (Lipinski definition) is 7. The van der Waals surface area contributed by atoms with Gasteiger partial charge in [-0.3, -0.25) is 14.4 Å². The number of ether oxygens (including phenoxy) is 2. The Morgan fingerprint density at radius 2 is 1.55 bits per heavy atom. The van der Waals surface area contributed by atoms with Crippen molar-refractivity contribution in [3.8, 4) is 5.75 Å². The molecule has 2 rings (SSSR count). The lowest BCUT2D eigenvalue weighted by molar-refractivity contribution is -0.139. The summed E-state index contributed by atoms with van der Waals surface area (Å²) in [6.07, 6.45) is 2.76. The van der Waals surface area contributed by atoms with Crippen LogP contribution in [0.15, 0.2) is 48.5 Å². The Morgan fingerprint density at radius 1 is 0.857 bits per heavy atom. The van der Waals surface area contributed by atoms with E-state index >= 15 is 0 Å². The maximum atomic E-state index is 13.5. The number of benzene rings is 2. The molecule has 0 aliphatic carbocycles. The van der Waals surface area contributed by atoms with Crippen molar-refractivity contribution in [1.82, 2.24) is 16.0 Å². The Labute approximate surface area is 244 Å². The summed E-state index contributed by atoms with van der Waals surface area (Å²) < 4.78 is 10.0. The fraction of sp³-hybridized carbons (Fsp3) is 0.433. The summed E-state index contributed by atoms with van der Waals surface area (Å²) in [5.41, 5.74) is 0.913. The van der Waals surface area contributed by atoms with Gasteiger partial charge in [0.05, 0.1) is 6.61 Å². The topological polar surface area (TPSA) is 180 Å². The van der Waals surface area contributed by atoms with Gasteiger partial charge in [0.25, 0.3) is 0 Å². The predicted octanol–water partition coefficient (Wildman–Crippen LogP) is 1.95. The molecular formula is C30H39N3O9. The number of aliphatic carboxylic acids is 1. The van der Waals surface area contributed by atoms with Gasteiger partial charge in [0.2, 0.25) is 17.7 Å². The van der Waals surface area contributed by atoms with Crippen molar-refractivity contribution in [2.75, 3.05) is 26.9 Å². The Morgan fingerprint density at radius 3 is 2.19 bits per heavy atom. The fourth-order valence-corrected chi connectivity index (χ4v) is 4.08. The minimum Gasteiger partial charge on any atom is -0.481 e. The smallest absolute Gasteiger partial charge is 0.341 e. The second kappa shape index (κ2) is 18.1. The van der Waals surface area contributed by atoms with E-state index in [0.29, 0.717) is 12.1 Å². The molecule has 12 heteroatoms. The second-order valence-electron chi connectivity index (χ2n) is 9.63. The van der Waals surface area contributed by atoms with E-state index in [0.717, 1.165) is 24.8 Å². The first kappa shape index (κ1) is 33.8. The van der Waals surface area contributed by atoms with Crippen LogP contribution in [-0.4, -0.2) is 78.8 Å². The van der Waals surface area contributed by atoms with Crippen molar-refractivity contribution in [1.29, 1.82) is 0 Å². The quantitative estimate of drug-likeness (QED) is 0.154. The fourth-order valence-electron chi connectivity index (χ4n) is 4.08. The lowest BCUT2D eigenvalue weighted by Gasteiger charge is -2.24. The van der Waals surface area contributed by atoms with Crippen LogP contribution in [-0.2, 0) is 36.8 Å². The third kappa shape index (κ3) is 12.0. The first-order valence-electron chi connectivity index (χ1n) is 13.8. The zero-order valence-electron chi connectivity index (χ0n) is 23.9. The molecule has 0 radical (unpaired) electrons. The lowest BCUT2D eigenvalue weighted by atomic mass is 10.0. The van der Waals surface area contributed by atoms with Crippen LogP contribution in [0.25, 0.3) is 0 Å². The van der Waals surface area contributed by atoms with Gasteiger partial charge in [-0.05, 0) is 29.7 Å². The average Bonchev–Trinajstić information content (AvgIpc) is 2.97. The van der Waals surface area contributed by atoms with Crippen LogP contribution in [0.4, 0.5) is 0 Å². The van der Waals surface area contributed by atoms with Crippen molar-refractivity contribution in [2.45, 2.75) is 57.5 Å². The number of rotatable bonds is 19. The number of carbonyl (C=O) groups excluding carboxylic acids is 3. The van der Waals surface area contributed by atoms with Gasteiger partial charge in [-0.15, -0.1) is 0 Å². The third-order valence-electron chi connectivity index (χ3n) is 6.25. The van der Waals surface area contributed by atoms with Gasteiger partial charge in [0, 0.05) is 32.9 Å². The second-order valence-corrected chi connectivity index (χ2v) is 9.63. The highest BCUT2D eigenvalue weighted by Crippen LogP contribution is 2.21. The molecule has 0 saturated heterocycles. The standard InChI is InChI=1S/C30H39N3O9/c1-3-4-8-14-31-28(37)23(18-21-11-12-25(42-19-27(35)36)22(16-21)30(39)40)33-29(38)24(32-26(34)13-15-41-2)17-20-9-6-5-7-10-20/h5-7,9-12,16,23-24H,3-4,8,13-15,17-19H2,1-2H3,(H,31,37)(H,32,34)(H,33,38)(H,35,36)(H,39,40)/t23-,24-/m0/s1.